The minimum atomic E-state index is -0.959. The topological polar surface area (TPSA) is 94.8 Å². The van der Waals surface area contributed by atoms with Crippen LogP contribution in [0.4, 0.5) is 0 Å². The van der Waals surface area contributed by atoms with Crippen molar-refractivity contribution in [2.75, 3.05) is 0 Å². The fraction of sp³-hybridized carbons (Fsp3) is 0.222. The minimum Gasteiger partial charge on any atom is -1.00 e. The predicted octanol–water partition coefficient (Wildman–Crippen LogP) is -0.339. The van der Waals surface area contributed by atoms with E-state index in [9.17, 15) is 4.79 Å². The molecule has 1 unspecified atom stereocenters. The van der Waals surface area contributed by atoms with Gasteiger partial charge in [-0.25, -0.2) is 0 Å². The van der Waals surface area contributed by atoms with Crippen molar-refractivity contribution in [3.8, 4) is 0 Å². The van der Waals surface area contributed by atoms with Crippen molar-refractivity contribution in [1.29, 1.82) is 0 Å². The van der Waals surface area contributed by atoms with E-state index in [0.29, 0.717) is 6.42 Å². The number of hydrogen-bond donors (Lipinski definition) is 2. The Morgan fingerprint density at radius 2 is 1.93 bits per heavy atom. The molecule has 0 aliphatic rings. The standard InChI is InChI=1S/C9H11NO2.Ca.H2O.2H/c10-8(9(11)12)6-7-4-2-1-3-5-7;;;;/h1-5,8H,6,10H2,(H,11,12);;1H2;;/q;+2;;2*-1. The Kier molecular flexibility index (Phi) is 9.55. The Balaban J connectivity index is -0.000000180. The number of rotatable bonds is 3. The molecule has 0 amide bonds. The van der Waals surface area contributed by atoms with Gasteiger partial charge >= 0.3 is 43.7 Å². The SMILES string of the molecule is NC(Cc1ccccc1)C(=O)O.O.[Ca+2].[H-].[H-]. The number of aliphatic carboxylic acids is 1. The summed E-state index contributed by atoms with van der Waals surface area (Å²) in [4.78, 5) is 10.4. The van der Waals surface area contributed by atoms with Crippen LogP contribution in [0, 0.1) is 0 Å². The third-order valence-electron chi connectivity index (χ3n) is 1.62. The summed E-state index contributed by atoms with van der Waals surface area (Å²) in [5, 5.41) is 8.52. The molecule has 4 nitrogen and oxygen atoms in total. The molecule has 1 rings (SSSR count). The molecular weight excluding hydrogens is 210 g/mol. The summed E-state index contributed by atoms with van der Waals surface area (Å²) in [6.45, 7) is 0. The van der Waals surface area contributed by atoms with Gasteiger partial charge in [0.1, 0.15) is 6.04 Å². The summed E-state index contributed by atoms with van der Waals surface area (Å²) in [5.74, 6) is -0.959. The van der Waals surface area contributed by atoms with E-state index in [0.717, 1.165) is 5.56 Å². The van der Waals surface area contributed by atoms with Gasteiger partial charge in [-0.05, 0) is 12.0 Å². The average Bonchev–Trinajstić information content (AvgIpc) is 2.06. The Labute approximate surface area is 115 Å². The molecule has 0 aromatic heterocycles. The van der Waals surface area contributed by atoms with Gasteiger partial charge in [0.2, 0.25) is 0 Å². The van der Waals surface area contributed by atoms with E-state index in [4.69, 9.17) is 10.8 Å². The Morgan fingerprint density at radius 3 is 2.36 bits per heavy atom. The zero-order valence-electron chi connectivity index (χ0n) is 9.81. The normalized spacial score (nSPS) is 10.6. The van der Waals surface area contributed by atoms with Crippen LogP contribution in [0.5, 0.6) is 0 Å². The van der Waals surface area contributed by atoms with Gasteiger partial charge in [0, 0.05) is 0 Å². The van der Waals surface area contributed by atoms with Gasteiger partial charge in [-0.15, -0.1) is 0 Å². The first-order valence-electron chi connectivity index (χ1n) is 3.72. The fourth-order valence-corrected chi connectivity index (χ4v) is 0.955. The number of nitrogens with two attached hydrogens (primary N) is 1. The third kappa shape index (κ3) is 5.57. The molecule has 0 heterocycles. The zero-order chi connectivity index (χ0) is 8.97. The number of carbonyl (C=O) groups is 1. The molecule has 14 heavy (non-hydrogen) atoms. The summed E-state index contributed by atoms with van der Waals surface area (Å²) in [7, 11) is 0. The van der Waals surface area contributed by atoms with Gasteiger partial charge in [-0.2, -0.15) is 0 Å². The van der Waals surface area contributed by atoms with E-state index in [-0.39, 0.29) is 46.1 Å². The van der Waals surface area contributed by atoms with Crippen LogP contribution < -0.4 is 5.73 Å². The van der Waals surface area contributed by atoms with Crippen molar-refractivity contribution in [3.63, 3.8) is 0 Å². The zero-order valence-corrected chi connectivity index (χ0v) is 10.0. The van der Waals surface area contributed by atoms with Crippen molar-refractivity contribution in [2.45, 2.75) is 12.5 Å². The molecule has 0 aliphatic heterocycles. The summed E-state index contributed by atoms with van der Waals surface area (Å²) >= 11 is 0. The second kappa shape index (κ2) is 8.20. The van der Waals surface area contributed by atoms with E-state index in [1.165, 1.54) is 0 Å². The molecule has 0 fully saturated rings. The van der Waals surface area contributed by atoms with Crippen LogP contribution >= 0.6 is 0 Å². The molecule has 0 bridgehead atoms. The maximum atomic E-state index is 10.4. The molecule has 5 heteroatoms. The van der Waals surface area contributed by atoms with Crippen LogP contribution in [0.25, 0.3) is 0 Å². The van der Waals surface area contributed by atoms with Crippen LogP contribution in [0.3, 0.4) is 0 Å². The van der Waals surface area contributed by atoms with Crippen molar-refractivity contribution in [3.05, 3.63) is 35.9 Å². The molecule has 0 radical (unpaired) electrons. The van der Waals surface area contributed by atoms with Crippen molar-refractivity contribution >= 4 is 43.7 Å². The number of hydrogen-bond acceptors (Lipinski definition) is 2. The Bertz CT molecular complexity index is 275. The smallest absolute Gasteiger partial charge is 1.00 e. The van der Waals surface area contributed by atoms with Gasteiger partial charge in [0.15, 0.2) is 0 Å². The maximum absolute atomic E-state index is 10.4. The van der Waals surface area contributed by atoms with Gasteiger partial charge in [-0.3, -0.25) is 4.79 Å². The van der Waals surface area contributed by atoms with E-state index in [1.807, 2.05) is 30.3 Å². The molecular formula is C9H15CaNO3. The van der Waals surface area contributed by atoms with Gasteiger partial charge in [0.25, 0.3) is 0 Å². The quantitative estimate of drug-likeness (QED) is 0.689. The van der Waals surface area contributed by atoms with E-state index in [2.05, 4.69) is 0 Å². The molecule has 1 atom stereocenters. The van der Waals surface area contributed by atoms with Crippen LogP contribution in [0.15, 0.2) is 30.3 Å². The van der Waals surface area contributed by atoms with Crippen LogP contribution in [0.2, 0.25) is 0 Å². The molecule has 76 valence electrons. The molecule has 0 saturated carbocycles. The fourth-order valence-electron chi connectivity index (χ4n) is 0.955. The van der Waals surface area contributed by atoms with Crippen LogP contribution in [-0.2, 0) is 11.2 Å². The molecule has 0 saturated heterocycles. The maximum Gasteiger partial charge on any atom is 2.00 e. The minimum absolute atomic E-state index is 0. The number of carboxylic acid groups (broad SMARTS) is 1. The molecule has 1 aromatic carbocycles. The first kappa shape index (κ1) is 16.3. The predicted molar refractivity (Wildman–Crippen MR) is 57.3 cm³/mol. The van der Waals surface area contributed by atoms with Crippen LogP contribution in [0.1, 0.15) is 8.42 Å². The summed E-state index contributed by atoms with van der Waals surface area (Å²) in [6, 6.07) is 8.54. The van der Waals surface area contributed by atoms with Crippen molar-refractivity contribution in [1.82, 2.24) is 0 Å². The summed E-state index contributed by atoms with van der Waals surface area (Å²) in [5.41, 5.74) is 6.30. The third-order valence-corrected chi connectivity index (χ3v) is 1.62. The second-order valence-electron chi connectivity index (χ2n) is 2.63. The molecule has 5 N–H and O–H groups in total. The van der Waals surface area contributed by atoms with Crippen LogP contribution in [-0.4, -0.2) is 60.3 Å². The van der Waals surface area contributed by atoms with Crippen molar-refractivity contribution < 1.29 is 18.2 Å². The first-order chi connectivity index (χ1) is 5.70. The number of benzene rings is 1. The Morgan fingerprint density at radius 1 is 1.43 bits per heavy atom. The molecule has 0 spiro atoms. The first-order valence-corrected chi connectivity index (χ1v) is 3.72. The summed E-state index contributed by atoms with van der Waals surface area (Å²) in [6.07, 6.45) is 0.385. The molecule has 0 aliphatic carbocycles. The van der Waals surface area contributed by atoms with Crippen molar-refractivity contribution in [2.24, 2.45) is 5.73 Å². The second-order valence-corrected chi connectivity index (χ2v) is 2.63. The summed E-state index contributed by atoms with van der Waals surface area (Å²) < 4.78 is 0. The van der Waals surface area contributed by atoms with E-state index in [1.54, 1.807) is 0 Å². The average molecular weight is 225 g/mol. The Hall–Kier alpha value is -0.130. The van der Waals surface area contributed by atoms with Gasteiger partial charge in [-0.1, -0.05) is 30.3 Å². The van der Waals surface area contributed by atoms with E-state index < -0.39 is 12.0 Å². The largest absolute Gasteiger partial charge is 2.00 e. The van der Waals surface area contributed by atoms with E-state index >= 15 is 0 Å². The van der Waals surface area contributed by atoms with Gasteiger partial charge < -0.3 is 19.2 Å². The van der Waals surface area contributed by atoms with Gasteiger partial charge in [0.05, 0.1) is 0 Å². The monoisotopic (exact) mass is 225 g/mol. The number of carboxylic acids is 1. The molecule has 1 aromatic rings.